The van der Waals surface area contributed by atoms with Crippen molar-refractivity contribution in [3.63, 3.8) is 0 Å². The van der Waals surface area contributed by atoms with Gasteiger partial charge in [-0.05, 0) is 25.5 Å². The lowest BCUT2D eigenvalue weighted by Gasteiger charge is -2.09. The summed E-state index contributed by atoms with van der Waals surface area (Å²) in [5.41, 5.74) is 3.40. The Kier molecular flexibility index (Phi) is 3.82. The quantitative estimate of drug-likeness (QED) is 0.797. The van der Waals surface area contributed by atoms with Gasteiger partial charge in [0.25, 0.3) is 5.91 Å². The molecule has 112 valence electrons. The predicted molar refractivity (Wildman–Crippen MR) is 83.6 cm³/mol. The number of amides is 1. The summed E-state index contributed by atoms with van der Waals surface area (Å²) < 4.78 is 1.68. The van der Waals surface area contributed by atoms with Crippen molar-refractivity contribution in [3.05, 3.63) is 53.5 Å². The number of nitrogens with one attached hydrogen (secondary N) is 1. The summed E-state index contributed by atoms with van der Waals surface area (Å²) in [5.74, 6) is -0.117. The zero-order chi connectivity index (χ0) is 15.5. The fourth-order valence-corrected chi connectivity index (χ4v) is 2.40. The van der Waals surface area contributed by atoms with E-state index in [4.69, 9.17) is 0 Å². The van der Waals surface area contributed by atoms with E-state index < -0.39 is 0 Å². The van der Waals surface area contributed by atoms with E-state index in [0.29, 0.717) is 18.7 Å². The molecule has 0 atom stereocenters. The van der Waals surface area contributed by atoms with Gasteiger partial charge in [-0.2, -0.15) is 0 Å². The summed E-state index contributed by atoms with van der Waals surface area (Å²) in [6.45, 7) is 4.96. The minimum Gasteiger partial charge on any atom is -0.350 e. The normalized spacial score (nSPS) is 10.8. The van der Waals surface area contributed by atoms with Crippen LogP contribution in [0.4, 0.5) is 0 Å². The lowest BCUT2D eigenvalue weighted by molar-refractivity contribution is 0.0951. The van der Waals surface area contributed by atoms with Gasteiger partial charge in [0.15, 0.2) is 0 Å². The van der Waals surface area contributed by atoms with Gasteiger partial charge in [0.1, 0.15) is 0 Å². The first-order chi connectivity index (χ1) is 10.6. The van der Waals surface area contributed by atoms with Crippen LogP contribution in [0.1, 0.15) is 21.6 Å². The molecule has 0 unspecified atom stereocenters. The monoisotopic (exact) mass is 295 g/mol. The third kappa shape index (κ3) is 2.81. The van der Waals surface area contributed by atoms with Gasteiger partial charge in [-0.15, -0.1) is 5.10 Å². The Balaban J connectivity index is 1.77. The number of hydrogen-bond donors (Lipinski definition) is 1. The molecule has 0 aliphatic rings. The first kappa shape index (κ1) is 14.2. The lowest BCUT2D eigenvalue weighted by atomic mass is 10.1. The van der Waals surface area contributed by atoms with Gasteiger partial charge in [0.2, 0.25) is 0 Å². The molecule has 0 aliphatic carbocycles. The van der Waals surface area contributed by atoms with Gasteiger partial charge in [0, 0.05) is 18.1 Å². The number of rotatable bonds is 4. The molecule has 6 heteroatoms. The van der Waals surface area contributed by atoms with E-state index in [0.717, 1.165) is 22.2 Å². The number of aryl methyl sites for hydroxylation is 2. The van der Waals surface area contributed by atoms with Crippen molar-refractivity contribution in [2.24, 2.45) is 0 Å². The zero-order valence-corrected chi connectivity index (χ0v) is 12.6. The Hall–Kier alpha value is -2.76. The fraction of sp³-hybridized carbons (Fsp3) is 0.250. The highest BCUT2D eigenvalue weighted by Crippen LogP contribution is 2.19. The van der Waals surface area contributed by atoms with Crippen LogP contribution in [-0.4, -0.2) is 32.4 Å². The Morgan fingerprint density at radius 2 is 2.18 bits per heavy atom. The number of benzene rings is 1. The fourth-order valence-electron chi connectivity index (χ4n) is 2.40. The molecule has 0 bridgehead atoms. The van der Waals surface area contributed by atoms with Crippen molar-refractivity contribution in [1.29, 1.82) is 0 Å². The molecule has 22 heavy (non-hydrogen) atoms. The maximum absolute atomic E-state index is 12.3. The first-order valence-corrected chi connectivity index (χ1v) is 7.14. The average molecular weight is 295 g/mol. The van der Waals surface area contributed by atoms with Crippen molar-refractivity contribution in [2.45, 2.75) is 20.4 Å². The van der Waals surface area contributed by atoms with Crippen molar-refractivity contribution in [1.82, 2.24) is 25.3 Å². The smallest absolute Gasteiger partial charge is 0.253 e. The topological polar surface area (TPSA) is 72.7 Å². The average Bonchev–Trinajstić information content (AvgIpc) is 3.01. The Bertz CT molecular complexity index is 811. The number of nitrogens with zero attached hydrogens (tertiary/aromatic N) is 4. The molecule has 0 spiro atoms. The second-order valence-corrected chi connectivity index (χ2v) is 5.19. The van der Waals surface area contributed by atoms with Gasteiger partial charge in [-0.1, -0.05) is 23.4 Å². The molecule has 0 radical (unpaired) electrons. The summed E-state index contributed by atoms with van der Waals surface area (Å²) in [6.07, 6.45) is 3.37. The van der Waals surface area contributed by atoms with Crippen LogP contribution in [-0.2, 0) is 6.54 Å². The van der Waals surface area contributed by atoms with E-state index in [1.807, 2.05) is 38.1 Å². The maximum atomic E-state index is 12.3. The summed E-state index contributed by atoms with van der Waals surface area (Å²) in [4.78, 5) is 16.9. The molecule has 1 aromatic carbocycles. The molecule has 0 saturated heterocycles. The molecule has 2 aromatic heterocycles. The van der Waals surface area contributed by atoms with Crippen molar-refractivity contribution in [3.8, 4) is 0 Å². The molecule has 0 fully saturated rings. The number of para-hydroxylation sites is 1. The van der Waals surface area contributed by atoms with Crippen molar-refractivity contribution >= 4 is 16.8 Å². The number of carbonyl (C=O) groups is 1. The molecular weight excluding hydrogens is 278 g/mol. The van der Waals surface area contributed by atoms with Crippen LogP contribution >= 0.6 is 0 Å². The Morgan fingerprint density at radius 3 is 2.95 bits per heavy atom. The van der Waals surface area contributed by atoms with Gasteiger partial charge in [-0.25, -0.2) is 0 Å². The van der Waals surface area contributed by atoms with Gasteiger partial charge in [0.05, 0.1) is 29.5 Å². The van der Waals surface area contributed by atoms with E-state index in [1.54, 1.807) is 17.1 Å². The third-order valence-electron chi connectivity index (χ3n) is 3.58. The van der Waals surface area contributed by atoms with Crippen LogP contribution in [0.5, 0.6) is 0 Å². The second kappa shape index (κ2) is 5.93. The molecular formula is C16H17N5O. The van der Waals surface area contributed by atoms with Gasteiger partial charge < -0.3 is 5.32 Å². The predicted octanol–water partition coefficient (Wildman–Crippen LogP) is 1.87. The lowest BCUT2D eigenvalue weighted by Crippen LogP contribution is -2.28. The van der Waals surface area contributed by atoms with E-state index in [1.165, 1.54) is 0 Å². The van der Waals surface area contributed by atoms with Gasteiger partial charge in [-0.3, -0.25) is 14.5 Å². The molecule has 3 rings (SSSR count). The van der Waals surface area contributed by atoms with E-state index >= 15 is 0 Å². The number of hydrogen-bond acceptors (Lipinski definition) is 4. The molecule has 0 saturated carbocycles. The minimum absolute atomic E-state index is 0.117. The summed E-state index contributed by atoms with van der Waals surface area (Å²) in [6, 6.07) is 7.87. The number of pyridine rings is 1. The molecule has 2 heterocycles. The summed E-state index contributed by atoms with van der Waals surface area (Å²) in [5, 5.41) is 11.5. The number of aromatic nitrogens is 4. The summed E-state index contributed by atoms with van der Waals surface area (Å²) >= 11 is 0. The van der Waals surface area contributed by atoms with Crippen molar-refractivity contribution in [2.75, 3.05) is 6.54 Å². The van der Waals surface area contributed by atoms with Crippen LogP contribution in [0.15, 0.2) is 36.7 Å². The highest BCUT2D eigenvalue weighted by Gasteiger charge is 2.12. The standard InChI is InChI=1S/C16H17N5O/c1-11-4-3-5-13-10-14(12(2)19-15(11)13)16(22)17-6-8-21-9-7-18-20-21/h3-5,7,9-10H,6,8H2,1-2H3,(H,17,22). The van der Waals surface area contributed by atoms with Crippen LogP contribution in [0.2, 0.25) is 0 Å². The number of carbonyl (C=O) groups excluding carboxylic acids is 1. The van der Waals surface area contributed by atoms with Crippen LogP contribution in [0.25, 0.3) is 10.9 Å². The molecule has 3 aromatic rings. The van der Waals surface area contributed by atoms with Crippen LogP contribution < -0.4 is 5.32 Å². The minimum atomic E-state index is -0.117. The van der Waals surface area contributed by atoms with Crippen molar-refractivity contribution < 1.29 is 4.79 Å². The molecule has 0 aliphatic heterocycles. The Morgan fingerprint density at radius 1 is 1.32 bits per heavy atom. The highest BCUT2D eigenvalue weighted by atomic mass is 16.1. The maximum Gasteiger partial charge on any atom is 0.253 e. The SMILES string of the molecule is Cc1nc2c(C)cccc2cc1C(=O)NCCn1ccnn1. The van der Waals surface area contributed by atoms with Crippen LogP contribution in [0.3, 0.4) is 0 Å². The van der Waals surface area contributed by atoms with Crippen LogP contribution in [0, 0.1) is 13.8 Å². The zero-order valence-electron chi connectivity index (χ0n) is 12.6. The molecule has 6 nitrogen and oxygen atoms in total. The Labute approximate surface area is 128 Å². The van der Waals surface area contributed by atoms with E-state index in [-0.39, 0.29) is 5.91 Å². The van der Waals surface area contributed by atoms with E-state index in [2.05, 4.69) is 20.6 Å². The number of fused-ring (bicyclic) bond motifs is 1. The molecule has 1 amide bonds. The van der Waals surface area contributed by atoms with E-state index in [9.17, 15) is 4.79 Å². The second-order valence-electron chi connectivity index (χ2n) is 5.19. The third-order valence-corrected chi connectivity index (χ3v) is 3.58. The summed E-state index contributed by atoms with van der Waals surface area (Å²) in [7, 11) is 0. The highest BCUT2D eigenvalue weighted by molar-refractivity contribution is 5.99. The van der Waals surface area contributed by atoms with Gasteiger partial charge >= 0.3 is 0 Å². The largest absolute Gasteiger partial charge is 0.350 e. The molecule has 1 N–H and O–H groups in total. The first-order valence-electron chi connectivity index (χ1n) is 7.14.